The van der Waals surface area contributed by atoms with Crippen LogP contribution in [0.2, 0.25) is 5.02 Å². The van der Waals surface area contributed by atoms with E-state index in [0.717, 1.165) is 16.1 Å². The van der Waals surface area contributed by atoms with E-state index in [1.807, 2.05) is 39.0 Å². The Labute approximate surface area is 108 Å². The molecule has 0 aromatic heterocycles. The van der Waals surface area contributed by atoms with Gasteiger partial charge in [-0.15, -0.1) is 0 Å². The van der Waals surface area contributed by atoms with Crippen LogP contribution >= 0.6 is 11.6 Å². The molecule has 2 N–H and O–H groups in total. The van der Waals surface area contributed by atoms with Crippen molar-refractivity contribution >= 4 is 17.5 Å². The largest absolute Gasteiger partial charge is 0.355 e. The summed E-state index contributed by atoms with van der Waals surface area (Å²) in [7, 11) is 0. The standard InChI is InChI=1S/C13H19ClN2O/c1-4-15-13(17)10(3)16-8-11-6-5-9(2)7-12(11)14/h5-7,10,16H,4,8H2,1-3H3,(H,15,17). The molecule has 0 aliphatic carbocycles. The first-order valence-corrected chi connectivity index (χ1v) is 6.18. The molecule has 4 heteroatoms. The quantitative estimate of drug-likeness (QED) is 0.846. The minimum Gasteiger partial charge on any atom is -0.355 e. The van der Waals surface area contributed by atoms with E-state index in [-0.39, 0.29) is 11.9 Å². The van der Waals surface area contributed by atoms with E-state index in [1.165, 1.54) is 0 Å². The molecule has 0 saturated heterocycles. The summed E-state index contributed by atoms with van der Waals surface area (Å²) in [6, 6.07) is 5.71. The van der Waals surface area contributed by atoms with E-state index in [2.05, 4.69) is 10.6 Å². The maximum atomic E-state index is 11.5. The van der Waals surface area contributed by atoms with Gasteiger partial charge in [-0.3, -0.25) is 4.79 Å². The summed E-state index contributed by atoms with van der Waals surface area (Å²) in [4.78, 5) is 11.5. The van der Waals surface area contributed by atoms with Gasteiger partial charge in [0.15, 0.2) is 0 Å². The molecular formula is C13H19ClN2O. The maximum absolute atomic E-state index is 11.5. The Morgan fingerprint density at radius 1 is 1.47 bits per heavy atom. The number of amides is 1. The molecule has 94 valence electrons. The number of aryl methyl sites for hydroxylation is 1. The van der Waals surface area contributed by atoms with Gasteiger partial charge in [-0.05, 0) is 38.0 Å². The van der Waals surface area contributed by atoms with Crippen LogP contribution in [0.5, 0.6) is 0 Å². The zero-order valence-corrected chi connectivity index (χ0v) is 11.3. The fourth-order valence-corrected chi connectivity index (χ4v) is 1.78. The average molecular weight is 255 g/mol. The normalized spacial score (nSPS) is 12.2. The number of likely N-dealkylation sites (N-methyl/N-ethyl adjacent to an activating group) is 1. The van der Waals surface area contributed by atoms with Crippen LogP contribution in [-0.2, 0) is 11.3 Å². The molecule has 1 atom stereocenters. The molecule has 0 spiro atoms. The van der Waals surface area contributed by atoms with Gasteiger partial charge in [0.1, 0.15) is 0 Å². The summed E-state index contributed by atoms with van der Waals surface area (Å²) in [5.41, 5.74) is 2.14. The van der Waals surface area contributed by atoms with E-state index in [4.69, 9.17) is 11.6 Å². The third kappa shape index (κ3) is 4.36. The molecule has 1 aromatic carbocycles. The smallest absolute Gasteiger partial charge is 0.236 e. The first kappa shape index (κ1) is 14.0. The number of carbonyl (C=O) groups is 1. The van der Waals surface area contributed by atoms with Gasteiger partial charge >= 0.3 is 0 Å². The minimum absolute atomic E-state index is 0.00994. The molecule has 1 rings (SSSR count). The molecule has 0 aliphatic heterocycles. The Hall–Kier alpha value is -1.06. The van der Waals surface area contributed by atoms with Crippen molar-refractivity contribution in [2.45, 2.75) is 33.4 Å². The number of rotatable bonds is 5. The van der Waals surface area contributed by atoms with Crippen molar-refractivity contribution in [2.75, 3.05) is 6.54 Å². The Kier molecular flexibility index (Phi) is 5.45. The molecule has 0 saturated carbocycles. The second kappa shape index (κ2) is 6.62. The van der Waals surface area contributed by atoms with Crippen molar-refractivity contribution in [3.63, 3.8) is 0 Å². The third-order valence-electron chi connectivity index (χ3n) is 2.55. The third-order valence-corrected chi connectivity index (χ3v) is 2.90. The molecule has 0 radical (unpaired) electrons. The Morgan fingerprint density at radius 2 is 2.18 bits per heavy atom. The van der Waals surface area contributed by atoms with Crippen LogP contribution in [0.25, 0.3) is 0 Å². The predicted molar refractivity (Wildman–Crippen MR) is 71.2 cm³/mol. The zero-order valence-electron chi connectivity index (χ0n) is 10.5. The first-order valence-electron chi connectivity index (χ1n) is 5.80. The lowest BCUT2D eigenvalue weighted by Crippen LogP contribution is -2.41. The highest BCUT2D eigenvalue weighted by Crippen LogP contribution is 2.17. The second-order valence-electron chi connectivity index (χ2n) is 4.09. The lowest BCUT2D eigenvalue weighted by Gasteiger charge is -2.14. The number of hydrogen-bond donors (Lipinski definition) is 2. The highest BCUT2D eigenvalue weighted by molar-refractivity contribution is 6.31. The van der Waals surface area contributed by atoms with Crippen LogP contribution in [0, 0.1) is 6.92 Å². The van der Waals surface area contributed by atoms with Crippen molar-refractivity contribution in [1.29, 1.82) is 0 Å². The SMILES string of the molecule is CCNC(=O)C(C)NCc1ccc(C)cc1Cl. The highest BCUT2D eigenvalue weighted by atomic mass is 35.5. The van der Waals surface area contributed by atoms with Gasteiger partial charge in [0.05, 0.1) is 6.04 Å². The highest BCUT2D eigenvalue weighted by Gasteiger charge is 2.11. The Balaban J connectivity index is 2.52. The van der Waals surface area contributed by atoms with Crippen molar-refractivity contribution in [3.05, 3.63) is 34.3 Å². The molecule has 0 aliphatic rings. The van der Waals surface area contributed by atoms with Gasteiger partial charge in [0, 0.05) is 18.1 Å². The summed E-state index contributed by atoms with van der Waals surface area (Å²) in [6.07, 6.45) is 0. The minimum atomic E-state index is -0.215. The summed E-state index contributed by atoms with van der Waals surface area (Å²) >= 11 is 6.11. The van der Waals surface area contributed by atoms with E-state index < -0.39 is 0 Å². The molecule has 0 fully saturated rings. The number of benzene rings is 1. The number of carbonyl (C=O) groups excluding carboxylic acids is 1. The first-order chi connectivity index (χ1) is 8.04. The summed E-state index contributed by atoms with van der Waals surface area (Å²) in [5, 5.41) is 6.65. The number of nitrogens with one attached hydrogen (secondary N) is 2. The van der Waals surface area contributed by atoms with E-state index in [1.54, 1.807) is 0 Å². The molecule has 3 nitrogen and oxygen atoms in total. The lowest BCUT2D eigenvalue weighted by atomic mass is 10.1. The van der Waals surface area contributed by atoms with Crippen LogP contribution < -0.4 is 10.6 Å². The zero-order chi connectivity index (χ0) is 12.8. The van der Waals surface area contributed by atoms with E-state index in [9.17, 15) is 4.79 Å². The van der Waals surface area contributed by atoms with Crippen molar-refractivity contribution in [2.24, 2.45) is 0 Å². The van der Waals surface area contributed by atoms with E-state index >= 15 is 0 Å². The van der Waals surface area contributed by atoms with Gasteiger partial charge in [0.2, 0.25) is 5.91 Å². The van der Waals surface area contributed by atoms with Crippen molar-refractivity contribution < 1.29 is 4.79 Å². The molecule has 1 unspecified atom stereocenters. The number of hydrogen-bond acceptors (Lipinski definition) is 2. The Morgan fingerprint density at radius 3 is 2.76 bits per heavy atom. The number of halogens is 1. The van der Waals surface area contributed by atoms with Crippen LogP contribution in [0.4, 0.5) is 0 Å². The Bertz CT molecular complexity index is 393. The van der Waals surface area contributed by atoms with Gasteiger partial charge < -0.3 is 10.6 Å². The predicted octanol–water partition coefficient (Wildman–Crippen LogP) is 2.26. The molecule has 0 bridgehead atoms. The fraction of sp³-hybridized carbons (Fsp3) is 0.462. The molecule has 17 heavy (non-hydrogen) atoms. The summed E-state index contributed by atoms with van der Waals surface area (Å²) < 4.78 is 0. The van der Waals surface area contributed by atoms with Crippen LogP contribution in [0.1, 0.15) is 25.0 Å². The van der Waals surface area contributed by atoms with Gasteiger partial charge in [-0.1, -0.05) is 23.7 Å². The molecular weight excluding hydrogens is 236 g/mol. The second-order valence-corrected chi connectivity index (χ2v) is 4.50. The monoisotopic (exact) mass is 254 g/mol. The maximum Gasteiger partial charge on any atom is 0.236 e. The lowest BCUT2D eigenvalue weighted by molar-refractivity contribution is -0.122. The van der Waals surface area contributed by atoms with Gasteiger partial charge in [0.25, 0.3) is 0 Å². The van der Waals surface area contributed by atoms with E-state index in [0.29, 0.717) is 13.1 Å². The van der Waals surface area contributed by atoms with Crippen LogP contribution in [0.3, 0.4) is 0 Å². The van der Waals surface area contributed by atoms with Crippen LogP contribution in [0.15, 0.2) is 18.2 Å². The summed E-state index contributed by atoms with van der Waals surface area (Å²) in [5.74, 6) is 0.00994. The van der Waals surface area contributed by atoms with Gasteiger partial charge in [-0.25, -0.2) is 0 Å². The fourth-order valence-electron chi connectivity index (χ4n) is 1.48. The summed E-state index contributed by atoms with van der Waals surface area (Å²) in [6.45, 7) is 6.99. The van der Waals surface area contributed by atoms with Gasteiger partial charge in [-0.2, -0.15) is 0 Å². The topological polar surface area (TPSA) is 41.1 Å². The van der Waals surface area contributed by atoms with Crippen LogP contribution in [-0.4, -0.2) is 18.5 Å². The van der Waals surface area contributed by atoms with Crippen molar-refractivity contribution in [1.82, 2.24) is 10.6 Å². The van der Waals surface area contributed by atoms with Crippen molar-refractivity contribution in [3.8, 4) is 0 Å². The molecule has 0 heterocycles. The molecule has 1 amide bonds. The molecule has 1 aromatic rings. The average Bonchev–Trinajstić information content (AvgIpc) is 2.27.